The third-order valence-corrected chi connectivity index (χ3v) is 7.70. The van der Waals surface area contributed by atoms with Crippen LogP contribution < -0.4 is 4.74 Å². The molecular weight excluding hydrogens is 436 g/mol. The number of ether oxygens (including phenoxy) is 2. The summed E-state index contributed by atoms with van der Waals surface area (Å²) in [5, 5.41) is 0. The minimum Gasteiger partial charge on any atom is -0.497 e. The van der Waals surface area contributed by atoms with E-state index < -0.39 is 11.8 Å². The molecule has 9 heteroatoms. The van der Waals surface area contributed by atoms with E-state index in [1.54, 1.807) is 36.3 Å². The molecule has 1 spiro atoms. The van der Waals surface area contributed by atoms with E-state index in [1.807, 2.05) is 16.8 Å². The maximum Gasteiger partial charge on any atom is 0.256 e. The zero-order valence-corrected chi connectivity index (χ0v) is 20.1. The molecule has 1 aliphatic carbocycles. The summed E-state index contributed by atoms with van der Waals surface area (Å²) < 4.78 is 11.6. The van der Waals surface area contributed by atoms with Gasteiger partial charge in [0.05, 0.1) is 13.7 Å². The largest absolute Gasteiger partial charge is 0.497 e. The van der Waals surface area contributed by atoms with Gasteiger partial charge in [-0.15, -0.1) is 0 Å². The van der Waals surface area contributed by atoms with E-state index in [0.717, 1.165) is 25.9 Å². The van der Waals surface area contributed by atoms with Gasteiger partial charge in [-0.1, -0.05) is 0 Å². The number of rotatable bonds is 4. The lowest BCUT2D eigenvalue weighted by Gasteiger charge is -2.45. The Morgan fingerprint density at radius 1 is 0.912 bits per heavy atom. The molecule has 3 aliphatic heterocycles. The Labute approximate surface area is 200 Å². The Bertz CT molecular complexity index is 931. The highest BCUT2D eigenvalue weighted by atomic mass is 16.5. The number of carbonyl (C=O) groups excluding carboxylic acids is 3. The number of amides is 3. The molecule has 0 N–H and O–H groups in total. The van der Waals surface area contributed by atoms with Crippen molar-refractivity contribution in [3.8, 4) is 5.75 Å². The van der Waals surface area contributed by atoms with Crippen molar-refractivity contribution in [2.45, 2.75) is 37.5 Å². The highest BCUT2D eigenvalue weighted by Gasteiger charge is 2.55. The van der Waals surface area contributed by atoms with Gasteiger partial charge in [0.1, 0.15) is 17.5 Å². The predicted molar refractivity (Wildman–Crippen MR) is 124 cm³/mol. The molecule has 0 aromatic heterocycles. The van der Waals surface area contributed by atoms with Crippen LogP contribution >= 0.6 is 0 Å². The van der Waals surface area contributed by atoms with Gasteiger partial charge < -0.3 is 24.2 Å². The third-order valence-electron chi connectivity index (χ3n) is 7.70. The maximum absolute atomic E-state index is 13.8. The summed E-state index contributed by atoms with van der Waals surface area (Å²) in [6, 6.07) is 6.31. The molecule has 0 radical (unpaired) electrons. The zero-order chi connectivity index (χ0) is 23.9. The fourth-order valence-corrected chi connectivity index (χ4v) is 5.33. The Hall–Kier alpha value is -2.65. The van der Waals surface area contributed by atoms with E-state index in [9.17, 15) is 14.4 Å². The standard InChI is InChI=1S/C25H34N4O5/c1-26-13-15-28(16-14-26)24(32)21-17-34-25(9-11-27(12-10-25)22(30)18-3-4-18)29(21)23(31)19-5-7-20(33-2)8-6-19/h5-8,18,21H,3-4,9-17H2,1-2H3/t21-/m1/s1. The normalized spacial score (nSPS) is 25.0. The summed E-state index contributed by atoms with van der Waals surface area (Å²) in [5.41, 5.74) is -0.372. The first kappa shape index (κ1) is 23.1. The first-order valence-corrected chi connectivity index (χ1v) is 12.3. The van der Waals surface area contributed by atoms with Crippen LogP contribution in [-0.4, -0.2) is 109 Å². The lowest BCUT2D eigenvalue weighted by molar-refractivity contribution is -0.146. The summed E-state index contributed by atoms with van der Waals surface area (Å²) >= 11 is 0. The first-order valence-electron chi connectivity index (χ1n) is 12.3. The van der Waals surface area contributed by atoms with Crippen LogP contribution in [0, 0.1) is 5.92 Å². The topological polar surface area (TPSA) is 82.6 Å². The van der Waals surface area contributed by atoms with Gasteiger partial charge in [-0.05, 0) is 44.2 Å². The van der Waals surface area contributed by atoms with Crippen LogP contribution in [0.1, 0.15) is 36.0 Å². The van der Waals surface area contributed by atoms with Gasteiger partial charge >= 0.3 is 0 Å². The molecule has 4 fully saturated rings. The number of hydrogen-bond donors (Lipinski definition) is 0. The van der Waals surface area contributed by atoms with Crippen molar-refractivity contribution in [1.82, 2.24) is 19.6 Å². The molecule has 9 nitrogen and oxygen atoms in total. The van der Waals surface area contributed by atoms with Crippen LogP contribution in [0.25, 0.3) is 0 Å². The minimum absolute atomic E-state index is 0.0525. The van der Waals surface area contributed by atoms with Crippen molar-refractivity contribution >= 4 is 17.7 Å². The Kier molecular flexibility index (Phi) is 6.24. The lowest BCUT2D eigenvalue weighted by Crippen LogP contribution is -2.61. The van der Waals surface area contributed by atoms with Crippen LogP contribution in [0.5, 0.6) is 5.75 Å². The number of likely N-dealkylation sites (N-methyl/N-ethyl adjacent to an activating group) is 1. The highest BCUT2D eigenvalue weighted by molar-refractivity contribution is 5.98. The molecule has 3 saturated heterocycles. The van der Waals surface area contributed by atoms with Crippen molar-refractivity contribution in [3.63, 3.8) is 0 Å². The second-order valence-electron chi connectivity index (χ2n) is 9.90. The molecule has 1 atom stereocenters. The SMILES string of the molecule is COc1ccc(C(=O)N2[C@@H](C(=O)N3CCN(C)CC3)COC23CCN(C(=O)C2CC2)CC3)cc1. The van der Waals surface area contributed by atoms with Gasteiger partial charge in [-0.2, -0.15) is 0 Å². The summed E-state index contributed by atoms with van der Waals surface area (Å²) in [7, 11) is 3.63. The number of hydrogen-bond acceptors (Lipinski definition) is 6. The smallest absolute Gasteiger partial charge is 0.256 e. The highest BCUT2D eigenvalue weighted by Crippen LogP contribution is 2.40. The van der Waals surface area contributed by atoms with E-state index in [-0.39, 0.29) is 30.2 Å². The van der Waals surface area contributed by atoms with E-state index in [2.05, 4.69) is 4.90 Å². The van der Waals surface area contributed by atoms with Gasteiger partial charge in [0.2, 0.25) is 11.8 Å². The predicted octanol–water partition coefficient (Wildman–Crippen LogP) is 1.04. The fourth-order valence-electron chi connectivity index (χ4n) is 5.33. The molecule has 1 aromatic rings. The van der Waals surface area contributed by atoms with Crippen molar-refractivity contribution < 1.29 is 23.9 Å². The second-order valence-corrected chi connectivity index (χ2v) is 9.90. The van der Waals surface area contributed by atoms with E-state index in [1.165, 1.54) is 0 Å². The third kappa shape index (κ3) is 4.27. The Balaban J connectivity index is 1.39. The van der Waals surface area contributed by atoms with Gasteiger partial charge in [-0.25, -0.2) is 0 Å². The average molecular weight is 471 g/mol. The monoisotopic (exact) mass is 470 g/mol. The van der Waals surface area contributed by atoms with Crippen LogP contribution in [0.15, 0.2) is 24.3 Å². The van der Waals surface area contributed by atoms with Gasteiger partial charge in [-0.3, -0.25) is 19.3 Å². The molecule has 4 aliphatic rings. The van der Waals surface area contributed by atoms with Crippen LogP contribution in [0.2, 0.25) is 0 Å². The molecule has 1 saturated carbocycles. The molecule has 0 bridgehead atoms. The Morgan fingerprint density at radius 3 is 2.12 bits per heavy atom. The lowest BCUT2D eigenvalue weighted by atomic mass is 9.96. The minimum atomic E-state index is -0.871. The van der Waals surface area contributed by atoms with Gasteiger partial charge in [0.15, 0.2) is 0 Å². The molecule has 5 rings (SSSR count). The fraction of sp³-hybridized carbons (Fsp3) is 0.640. The van der Waals surface area contributed by atoms with Crippen molar-refractivity contribution in [3.05, 3.63) is 29.8 Å². The van der Waals surface area contributed by atoms with Crippen LogP contribution in [0.4, 0.5) is 0 Å². The molecule has 184 valence electrons. The molecule has 0 unspecified atom stereocenters. The van der Waals surface area contributed by atoms with Crippen LogP contribution in [-0.2, 0) is 14.3 Å². The first-order chi connectivity index (χ1) is 16.4. The number of piperidine rings is 1. The van der Waals surface area contributed by atoms with Gasteiger partial charge in [0, 0.05) is 63.6 Å². The average Bonchev–Trinajstić information content (AvgIpc) is 3.66. The second kappa shape index (κ2) is 9.19. The summed E-state index contributed by atoms with van der Waals surface area (Å²) in [5.74, 6) is 0.784. The van der Waals surface area contributed by atoms with E-state index in [4.69, 9.17) is 9.47 Å². The van der Waals surface area contributed by atoms with E-state index >= 15 is 0 Å². The quantitative estimate of drug-likeness (QED) is 0.654. The molecular formula is C25H34N4O5. The summed E-state index contributed by atoms with van der Waals surface area (Å²) in [6.07, 6.45) is 2.97. The number of likely N-dealkylation sites (tertiary alicyclic amines) is 1. The Morgan fingerprint density at radius 2 is 1.53 bits per heavy atom. The number of methoxy groups -OCH3 is 1. The number of piperazine rings is 1. The van der Waals surface area contributed by atoms with Gasteiger partial charge in [0.25, 0.3) is 5.91 Å². The molecule has 1 aromatic carbocycles. The molecule has 3 amide bonds. The molecule has 3 heterocycles. The van der Waals surface area contributed by atoms with Crippen LogP contribution in [0.3, 0.4) is 0 Å². The van der Waals surface area contributed by atoms with E-state index in [0.29, 0.717) is 50.3 Å². The maximum atomic E-state index is 13.8. The van der Waals surface area contributed by atoms with Crippen molar-refractivity contribution in [1.29, 1.82) is 0 Å². The van der Waals surface area contributed by atoms with Crippen molar-refractivity contribution in [2.75, 3.05) is 60.0 Å². The summed E-state index contributed by atoms with van der Waals surface area (Å²) in [4.78, 5) is 47.7. The number of carbonyl (C=O) groups is 3. The van der Waals surface area contributed by atoms with Crippen molar-refractivity contribution in [2.24, 2.45) is 5.92 Å². The summed E-state index contributed by atoms with van der Waals surface area (Å²) in [6.45, 7) is 4.18. The molecule has 34 heavy (non-hydrogen) atoms. The zero-order valence-electron chi connectivity index (χ0n) is 20.1. The number of nitrogens with zero attached hydrogens (tertiary/aromatic N) is 4. The number of benzene rings is 1.